The maximum Gasteiger partial charge on any atom is 0.358 e. The Morgan fingerprint density at radius 3 is 2.72 bits per heavy atom. The number of carbonyl (C=O) groups is 1. The van der Waals surface area contributed by atoms with E-state index in [1.807, 2.05) is 0 Å². The van der Waals surface area contributed by atoms with Gasteiger partial charge in [-0.3, -0.25) is 0 Å². The monoisotopic (exact) mass is 267 g/mol. The molecule has 0 bridgehead atoms. The van der Waals surface area contributed by atoms with Crippen LogP contribution in [0.2, 0.25) is 5.02 Å². The lowest BCUT2D eigenvalue weighted by molar-refractivity contribution is 0.0689. The van der Waals surface area contributed by atoms with Crippen molar-refractivity contribution in [1.82, 2.24) is 15.0 Å². The predicted molar refractivity (Wildman–Crippen MR) is 64.6 cm³/mol. The van der Waals surface area contributed by atoms with Crippen molar-refractivity contribution in [2.75, 3.05) is 7.11 Å². The number of rotatable bonds is 3. The van der Waals surface area contributed by atoms with Crippen molar-refractivity contribution in [1.29, 1.82) is 0 Å². The van der Waals surface area contributed by atoms with Crippen LogP contribution in [0.5, 0.6) is 5.75 Å². The zero-order valence-electron chi connectivity index (χ0n) is 9.72. The topological polar surface area (TPSA) is 77.2 Å². The third kappa shape index (κ3) is 2.02. The van der Waals surface area contributed by atoms with Crippen LogP contribution in [0.1, 0.15) is 16.2 Å². The number of methoxy groups -OCH3 is 1. The first-order valence-electron chi connectivity index (χ1n) is 5.04. The van der Waals surface area contributed by atoms with Crippen LogP contribution < -0.4 is 4.74 Å². The van der Waals surface area contributed by atoms with Crippen molar-refractivity contribution < 1.29 is 14.6 Å². The molecule has 6 nitrogen and oxygen atoms in total. The van der Waals surface area contributed by atoms with E-state index < -0.39 is 5.97 Å². The summed E-state index contributed by atoms with van der Waals surface area (Å²) < 4.78 is 6.42. The lowest BCUT2D eigenvalue weighted by atomic mass is 10.3. The normalized spacial score (nSPS) is 10.4. The number of nitrogens with zero attached hydrogens (tertiary/aromatic N) is 3. The second-order valence-corrected chi connectivity index (χ2v) is 3.96. The molecule has 1 heterocycles. The zero-order chi connectivity index (χ0) is 13.3. The number of aromatic nitrogens is 3. The maximum absolute atomic E-state index is 10.9. The highest BCUT2D eigenvalue weighted by Crippen LogP contribution is 2.26. The number of carboxylic acids is 1. The van der Waals surface area contributed by atoms with Gasteiger partial charge in [-0.1, -0.05) is 16.8 Å². The molecule has 0 amide bonds. The Labute approximate surface area is 108 Å². The van der Waals surface area contributed by atoms with Crippen LogP contribution in [0.3, 0.4) is 0 Å². The van der Waals surface area contributed by atoms with E-state index in [2.05, 4.69) is 10.3 Å². The zero-order valence-corrected chi connectivity index (χ0v) is 10.5. The molecule has 0 radical (unpaired) electrons. The van der Waals surface area contributed by atoms with Crippen molar-refractivity contribution in [2.45, 2.75) is 6.92 Å². The molecule has 0 saturated carbocycles. The summed E-state index contributed by atoms with van der Waals surface area (Å²) in [6.07, 6.45) is 0. The molecule has 0 saturated heterocycles. The van der Waals surface area contributed by atoms with Crippen molar-refractivity contribution in [2.24, 2.45) is 0 Å². The minimum atomic E-state index is -1.12. The highest BCUT2D eigenvalue weighted by molar-refractivity contribution is 6.32. The number of ether oxygens (including phenoxy) is 1. The van der Waals surface area contributed by atoms with E-state index in [0.29, 0.717) is 22.2 Å². The third-order valence-electron chi connectivity index (χ3n) is 2.48. The molecule has 2 rings (SSSR count). The molecule has 0 aliphatic carbocycles. The van der Waals surface area contributed by atoms with Crippen LogP contribution in [0, 0.1) is 6.92 Å². The van der Waals surface area contributed by atoms with Crippen LogP contribution in [-0.4, -0.2) is 33.2 Å². The van der Waals surface area contributed by atoms with E-state index in [-0.39, 0.29) is 5.69 Å². The molecule has 0 aliphatic heterocycles. The summed E-state index contributed by atoms with van der Waals surface area (Å²) in [7, 11) is 1.54. The van der Waals surface area contributed by atoms with Gasteiger partial charge in [0.1, 0.15) is 5.75 Å². The van der Waals surface area contributed by atoms with Crippen molar-refractivity contribution in [3.05, 3.63) is 34.6 Å². The fraction of sp³-hybridized carbons (Fsp3) is 0.182. The maximum atomic E-state index is 10.9. The Kier molecular flexibility index (Phi) is 3.20. The van der Waals surface area contributed by atoms with Gasteiger partial charge in [0.2, 0.25) is 0 Å². The van der Waals surface area contributed by atoms with Crippen LogP contribution in [-0.2, 0) is 0 Å². The van der Waals surface area contributed by atoms with Gasteiger partial charge in [-0.25, -0.2) is 9.48 Å². The quantitative estimate of drug-likeness (QED) is 0.919. The molecule has 7 heteroatoms. The molecule has 0 spiro atoms. The molecule has 2 aromatic rings. The SMILES string of the molecule is COc1ccc(-n2nnc(C(=O)O)c2C)c(Cl)c1. The highest BCUT2D eigenvalue weighted by Gasteiger charge is 2.17. The molecule has 0 aliphatic rings. The van der Waals surface area contributed by atoms with E-state index in [4.69, 9.17) is 21.4 Å². The van der Waals surface area contributed by atoms with Crippen LogP contribution in [0.25, 0.3) is 5.69 Å². The van der Waals surface area contributed by atoms with Gasteiger partial charge in [0.15, 0.2) is 5.69 Å². The Morgan fingerprint density at radius 1 is 1.50 bits per heavy atom. The minimum absolute atomic E-state index is 0.0955. The first-order chi connectivity index (χ1) is 8.54. The van der Waals surface area contributed by atoms with E-state index in [0.717, 1.165) is 0 Å². The van der Waals surface area contributed by atoms with E-state index >= 15 is 0 Å². The van der Waals surface area contributed by atoms with Crippen molar-refractivity contribution in [3.8, 4) is 11.4 Å². The number of carboxylic acid groups (broad SMARTS) is 1. The third-order valence-corrected chi connectivity index (χ3v) is 2.78. The number of aromatic carboxylic acids is 1. The average Bonchev–Trinajstić information content (AvgIpc) is 2.71. The van der Waals surface area contributed by atoms with Crippen molar-refractivity contribution in [3.63, 3.8) is 0 Å². The highest BCUT2D eigenvalue weighted by atomic mass is 35.5. The van der Waals surface area contributed by atoms with Gasteiger partial charge in [-0.2, -0.15) is 0 Å². The predicted octanol–water partition coefficient (Wildman–Crippen LogP) is 1.94. The largest absolute Gasteiger partial charge is 0.497 e. The molecule has 1 aromatic carbocycles. The standard InChI is InChI=1S/C11H10ClN3O3/c1-6-10(11(16)17)13-14-15(6)9-4-3-7(18-2)5-8(9)12/h3-5H,1-2H3,(H,16,17). The molecule has 94 valence electrons. The first-order valence-corrected chi connectivity index (χ1v) is 5.42. The Hall–Kier alpha value is -2.08. The van der Waals surface area contributed by atoms with Crippen LogP contribution >= 0.6 is 11.6 Å². The van der Waals surface area contributed by atoms with Gasteiger partial charge in [-0.15, -0.1) is 5.10 Å². The van der Waals surface area contributed by atoms with Gasteiger partial charge in [0.05, 0.1) is 23.5 Å². The molecular weight excluding hydrogens is 258 g/mol. The summed E-state index contributed by atoms with van der Waals surface area (Å²) in [4.78, 5) is 10.9. The number of halogens is 1. The van der Waals surface area contributed by atoms with Gasteiger partial charge < -0.3 is 9.84 Å². The molecule has 1 N–H and O–H groups in total. The summed E-state index contributed by atoms with van der Waals surface area (Å²) in [5, 5.41) is 16.7. The van der Waals surface area contributed by atoms with Gasteiger partial charge in [0.25, 0.3) is 0 Å². The lowest BCUT2D eigenvalue weighted by Gasteiger charge is -2.07. The summed E-state index contributed by atoms with van der Waals surface area (Å²) >= 11 is 6.09. The van der Waals surface area contributed by atoms with E-state index in [1.54, 1.807) is 25.1 Å². The van der Waals surface area contributed by atoms with Crippen LogP contribution in [0.15, 0.2) is 18.2 Å². The smallest absolute Gasteiger partial charge is 0.358 e. The second kappa shape index (κ2) is 4.66. The Bertz CT molecular complexity index is 610. The minimum Gasteiger partial charge on any atom is -0.497 e. The number of hydrogen-bond donors (Lipinski definition) is 1. The number of hydrogen-bond acceptors (Lipinski definition) is 4. The second-order valence-electron chi connectivity index (χ2n) is 3.56. The Morgan fingerprint density at radius 2 is 2.22 bits per heavy atom. The molecule has 0 fully saturated rings. The molecular formula is C11H10ClN3O3. The van der Waals surface area contributed by atoms with Gasteiger partial charge in [-0.05, 0) is 19.1 Å². The fourth-order valence-electron chi connectivity index (χ4n) is 1.54. The van der Waals surface area contributed by atoms with E-state index in [9.17, 15) is 4.79 Å². The van der Waals surface area contributed by atoms with E-state index in [1.165, 1.54) is 11.8 Å². The summed E-state index contributed by atoms with van der Waals surface area (Å²) in [6, 6.07) is 5.02. The molecule has 0 atom stereocenters. The fourth-order valence-corrected chi connectivity index (χ4v) is 1.79. The first kappa shape index (κ1) is 12.4. The summed E-state index contributed by atoms with van der Waals surface area (Å²) in [5.41, 5.74) is 0.867. The Balaban J connectivity index is 2.52. The van der Waals surface area contributed by atoms with Gasteiger partial charge in [0, 0.05) is 6.07 Å². The number of benzene rings is 1. The van der Waals surface area contributed by atoms with Crippen LogP contribution in [0.4, 0.5) is 0 Å². The van der Waals surface area contributed by atoms with Gasteiger partial charge >= 0.3 is 5.97 Å². The lowest BCUT2D eigenvalue weighted by Crippen LogP contribution is -2.03. The molecule has 18 heavy (non-hydrogen) atoms. The summed E-state index contributed by atoms with van der Waals surface area (Å²) in [6.45, 7) is 1.62. The summed E-state index contributed by atoms with van der Waals surface area (Å²) in [5.74, 6) is -0.511. The molecule has 0 unspecified atom stereocenters. The average molecular weight is 268 g/mol. The van der Waals surface area contributed by atoms with Crippen molar-refractivity contribution >= 4 is 17.6 Å². The molecule has 1 aromatic heterocycles.